The van der Waals surface area contributed by atoms with Gasteiger partial charge in [0.15, 0.2) is 0 Å². The van der Waals surface area contributed by atoms with Crippen molar-refractivity contribution >= 4 is 35.1 Å². The first-order valence-corrected chi connectivity index (χ1v) is 7.98. The first kappa shape index (κ1) is 17.0. The molecule has 0 bridgehead atoms. The summed E-state index contributed by atoms with van der Waals surface area (Å²) in [6.45, 7) is 0.301. The molecule has 1 saturated heterocycles. The van der Waals surface area contributed by atoms with Crippen LogP contribution in [0, 0.1) is 5.92 Å². The zero-order chi connectivity index (χ0) is 18.0. The highest BCUT2D eigenvalue weighted by Gasteiger charge is 2.35. The fourth-order valence-electron chi connectivity index (χ4n) is 2.69. The van der Waals surface area contributed by atoms with Gasteiger partial charge in [0, 0.05) is 13.0 Å². The van der Waals surface area contributed by atoms with Gasteiger partial charge in [-0.1, -0.05) is 23.7 Å². The molecule has 25 heavy (non-hydrogen) atoms. The standard InChI is InChI=1S/C17H15ClN2O5/c18-12-3-1-2-4-13(12)20-9-10(7-15(20)21)16(22)19-8-11-5-6-14(25-11)17(23)24/h1-6,10H,7-9H2,(H,19,22)(H,23,24). The molecule has 2 N–H and O–H groups in total. The van der Waals surface area contributed by atoms with Gasteiger partial charge in [-0.05, 0) is 24.3 Å². The number of anilines is 1. The maximum atomic E-state index is 12.3. The van der Waals surface area contributed by atoms with Crippen LogP contribution in [0.25, 0.3) is 0 Å². The van der Waals surface area contributed by atoms with E-state index in [-0.39, 0.29) is 37.1 Å². The van der Waals surface area contributed by atoms with E-state index in [9.17, 15) is 14.4 Å². The molecule has 0 saturated carbocycles. The minimum Gasteiger partial charge on any atom is -0.475 e. The summed E-state index contributed by atoms with van der Waals surface area (Å²) in [5.41, 5.74) is 0.585. The summed E-state index contributed by atoms with van der Waals surface area (Å²) >= 11 is 6.11. The number of nitrogens with one attached hydrogen (secondary N) is 1. The van der Waals surface area contributed by atoms with Crippen molar-refractivity contribution in [1.29, 1.82) is 0 Å². The first-order chi connectivity index (χ1) is 12.0. The SMILES string of the molecule is O=C(O)c1ccc(CNC(=O)C2CC(=O)N(c3ccccc3Cl)C2)o1. The number of hydrogen-bond acceptors (Lipinski definition) is 4. The van der Waals surface area contributed by atoms with Crippen LogP contribution in [-0.4, -0.2) is 29.4 Å². The second kappa shape index (κ2) is 6.98. The number of aromatic carboxylic acids is 1. The Labute approximate surface area is 148 Å². The minimum absolute atomic E-state index is 0.0584. The zero-order valence-corrected chi connectivity index (χ0v) is 13.8. The number of halogens is 1. The van der Waals surface area contributed by atoms with Gasteiger partial charge < -0.3 is 19.7 Å². The van der Waals surface area contributed by atoms with Crippen molar-refractivity contribution in [2.45, 2.75) is 13.0 Å². The fraction of sp³-hybridized carbons (Fsp3) is 0.235. The predicted octanol–water partition coefficient (Wildman–Crippen LogP) is 2.30. The first-order valence-electron chi connectivity index (χ1n) is 7.60. The number of carbonyl (C=O) groups excluding carboxylic acids is 2. The van der Waals surface area contributed by atoms with Gasteiger partial charge in [0.1, 0.15) is 5.76 Å². The third-order valence-electron chi connectivity index (χ3n) is 3.95. The number of amides is 2. The molecule has 2 aromatic rings. The molecule has 0 spiro atoms. The third kappa shape index (κ3) is 3.66. The molecule has 3 rings (SSSR count). The summed E-state index contributed by atoms with van der Waals surface area (Å²) < 4.78 is 5.08. The highest BCUT2D eigenvalue weighted by Crippen LogP contribution is 2.31. The molecule has 0 aliphatic carbocycles. The van der Waals surface area contributed by atoms with Gasteiger partial charge in [0.25, 0.3) is 0 Å². The quantitative estimate of drug-likeness (QED) is 0.850. The van der Waals surface area contributed by atoms with Crippen LogP contribution < -0.4 is 10.2 Å². The number of carbonyl (C=O) groups is 3. The van der Waals surface area contributed by atoms with Gasteiger partial charge in [-0.25, -0.2) is 4.79 Å². The number of furan rings is 1. The molecule has 1 fully saturated rings. The lowest BCUT2D eigenvalue weighted by molar-refractivity contribution is -0.126. The number of benzene rings is 1. The maximum absolute atomic E-state index is 12.3. The molecule has 1 aliphatic rings. The number of carboxylic acids is 1. The average Bonchev–Trinajstić information content (AvgIpc) is 3.20. The van der Waals surface area contributed by atoms with Crippen LogP contribution in [0.4, 0.5) is 5.69 Å². The zero-order valence-electron chi connectivity index (χ0n) is 13.1. The molecule has 1 aliphatic heterocycles. The highest BCUT2D eigenvalue weighted by atomic mass is 35.5. The smallest absolute Gasteiger partial charge is 0.371 e. The van der Waals surface area contributed by atoms with Gasteiger partial charge in [-0.2, -0.15) is 0 Å². The molecular weight excluding hydrogens is 348 g/mol. The monoisotopic (exact) mass is 362 g/mol. The predicted molar refractivity (Wildman–Crippen MR) is 89.4 cm³/mol. The van der Waals surface area contributed by atoms with Crippen LogP contribution in [0.1, 0.15) is 22.7 Å². The van der Waals surface area contributed by atoms with Gasteiger partial charge in [-0.3, -0.25) is 9.59 Å². The van der Waals surface area contributed by atoms with Crippen LogP contribution in [-0.2, 0) is 16.1 Å². The van der Waals surface area contributed by atoms with E-state index in [1.807, 2.05) is 0 Å². The van der Waals surface area contributed by atoms with Crippen molar-refractivity contribution in [3.05, 3.63) is 52.9 Å². The van der Waals surface area contributed by atoms with Crippen LogP contribution in [0.15, 0.2) is 40.8 Å². The Bertz CT molecular complexity index is 832. The summed E-state index contributed by atoms with van der Waals surface area (Å²) in [4.78, 5) is 36.7. The van der Waals surface area contributed by atoms with Crippen LogP contribution in [0.5, 0.6) is 0 Å². The van der Waals surface area contributed by atoms with Gasteiger partial charge in [0.05, 0.1) is 23.2 Å². The van der Waals surface area contributed by atoms with Gasteiger partial charge >= 0.3 is 5.97 Å². The molecule has 1 aromatic carbocycles. The van der Waals surface area contributed by atoms with Crippen molar-refractivity contribution in [2.24, 2.45) is 5.92 Å². The number of para-hydroxylation sites is 1. The maximum Gasteiger partial charge on any atom is 0.371 e. The summed E-state index contributed by atoms with van der Waals surface area (Å²) in [5, 5.41) is 11.9. The second-order valence-electron chi connectivity index (χ2n) is 5.65. The van der Waals surface area contributed by atoms with E-state index in [4.69, 9.17) is 21.1 Å². The van der Waals surface area contributed by atoms with E-state index in [0.29, 0.717) is 16.5 Å². The van der Waals surface area contributed by atoms with Crippen LogP contribution in [0.3, 0.4) is 0 Å². The third-order valence-corrected chi connectivity index (χ3v) is 4.27. The van der Waals surface area contributed by atoms with Crippen molar-refractivity contribution < 1.29 is 23.9 Å². The number of hydrogen-bond donors (Lipinski definition) is 2. The Hall–Kier alpha value is -2.80. The topological polar surface area (TPSA) is 99.8 Å². The Balaban J connectivity index is 1.61. The van der Waals surface area contributed by atoms with E-state index >= 15 is 0 Å². The Morgan fingerprint density at radius 2 is 2.04 bits per heavy atom. The van der Waals surface area contributed by atoms with Crippen molar-refractivity contribution in [1.82, 2.24) is 5.32 Å². The molecule has 8 heteroatoms. The molecule has 2 amide bonds. The van der Waals surface area contributed by atoms with Crippen LogP contribution in [0.2, 0.25) is 5.02 Å². The highest BCUT2D eigenvalue weighted by molar-refractivity contribution is 6.33. The van der Waals surface area contributed by atoms with Gasteiger partial charge in [-0.15, -0.1) is 0 Å². The summed E-state index contributed by atoms with van der Waals surface area (Å²) in [5.74, 6) is -1.99. The number of carboxylic acid groups (broad SMARTS) is 1. The fourth-order valence-corrected chi connectivity index (χ4v) is 2.93. The molecule has 130 valence electrons. The van der Waals surface area contributed by atoms with Crippen molar-refractivity contribution in [3.8, 4) is 0 Å². The Kier molecular flexibility index (Phi) is 4.76. The average molecular weight is 363 g/mol. The number of nitrogens with zero attached hydrogens (tertiary/aromatic N) is 1. The largest absolute Gasteiger partial charge is 0.475 e. The molecule has 1 unspecified atom stereocenters. The normalized spacial score (nSPS) is 16.9. The Morgan fingerprint density at radius 1 is 1.28 bits per heavy atom. The van der Waals surface area contributed by atoms with E-state index in [1.165, 1.54) is 17.0 Å². The van der Waals surface area contributed by atoms with E-state index < -0.39 is 11.9 Å². The Morgan fingerprint density at radius 3 is 2.72 bits per heavy atom. The van der Waals surface area contributed by atoms with Crippen molar-refractivity contribution in [2.75, 3.05) is 11.4 Å². The lowest BCUT2D eigenvalue weighted by Gasteiger charge is -2.17. The summed E-state index contributed by atoms with van der Waals surface area (Å²) in [6, 6.07) is 9.77. The van der Waals surface area contributed by atoms with Gasteiger partial charge in [0.2, 0.25) is 17.6 Å². The minimum atomic E-state index is -1.17. The number of rotatable bonds is 5. The van der Waals surface area contributed by atoms with E-state index in [1.54, 1.807) is 24.3 Å². The lowest BCUT2D eigenvalue weighted by Crippen LogP contribution is -2.32. The van der Waals surface area contributed by atoms with E-state index in [0.717, 1.165) is 0 Å². The van der Waals surface area contributed by atoms with E-state index in [2.05, 4.69) is 5.32 Å². The molecule has 1 atom stereocenters. The molecule has 1 aromatic heterocycles. The van der Waals surface area contributed by atoms with Crippen LogP contribution >= 0.6 is 11.6 Å². The van der Waals surface area contributed by atoms with Crippen molar-refractivity contribution in [3.63, 3.8) is 0 Å². The molecule has 0 radical (unpaired) electrons. The lowest BCUT2D eigenvalue weighted by atomic mass is 10.1. The summed E-state index contributed by atoms with van der Waals surface area (Å²) in [7, 11) is 0. The molecule has 2 heterocycles. The summed E-state index contributed by atoms with van der Waals surface area (Å²) in [6.07, 6.45) is 0.0928. The molecule has 7 nitrogen and oxygen atoms in total. The second-order valence-corrected chi connectivity index (χ2v) is 6.05. The molecular formula is C17H15ClN2O5.